The van der Waals surface area contributed by atoms with Gasteiger partial charge in [0.05, 0.1) is 5.02 Å². The minimum Gasteiger partial charge on any atom is -0.420 e. The Labute approximate surface area is 111 Å². The quantitative estimate of drug-likeness (QED) is 0.835. The molecule has 0 spiro atoms. The maximum atomic E-state index is 13.6. The van der Waals surface area contributed by atoms with Gasteiger partial charge in [0.25, 0.3) is 0 Å². The summed E-state index contributed by atoms with van der Waals surface area (Å²) in [4.78, 5) is 7.87. The standard InChI is InChI=1S/C11H7BrClFN2O/c1-6-2-3-15-11(16-6)17-10-8(13)4-7(12)5-9(10)14/h2-5H,1H3. The largest absolute Gasteiger partial charge is 0.420 e. The molecule has 0 saturated heterocycles. The molecule has 0 unspecified atom stereocenters. The van der Waals surface area contributed by atoms with Gasteiger partial charge in [-0.1, -0.05) is 27.5 Å². The molecule has 1 heterocycles. The highest BCUT2D eigenvalue weighted by Crippen LogP contribution is 2.33. The normalized spacial score (nSPS) is 10.4. The lowest BCUT2D eigenvalue weighted by atomic mass is 10.3. The molecule has 2 aromatic rings. The average molecular weight is 318 g/mol. The number of halogens is 3. The second-order valence-electron chi connectivity index (χ2n) is 3.28. The molecule has 0 aliphatic heterocycles. The van der Waals surface area contributed by atoms with E-state index in [1.54, 1.807) is 13.0 Å². The van der Waals surface area contributed by atoms with Crippen LogP contribution in [0.3, 0.4) is 0 Å². The Bertz CT molecular complexity index is 542. The highest BCUT2D eigenvalue weighted by atomic mass is 79.9. The summed E-state index contributed by atoms with van der Waals surface area (Å²) >= 11 is 9.01. The third kappa shape index (κ3) is 2.92. The molecule has 3 nitrogen and oxygen atoms in total. The van der Waals surface area contributed by atoms with E-state index in [2.05, 4.69) is 25.9 Å². The highest BCUT2D eigenvalue weighted by Gasteiger charge is 2.12. The number of rotatable bonds is 2. The first-order chi connectivity index (χ1) is 8.06. The Balaban J connectivity index is 2.36. The Morgan fingerprint density at radius 1 is 1.41 bits per heavy atom. The van der Waals surface area contributed by atoms with Crippen LogP contribution in [0.2, 0.25) is 5.02 Å². The van der Waals surface area contributed by atoms with Gasteiger partial charge >= 0.3 is 6.01 Å². The Morgan fingerprint density at radius 2 is 2.18 bits per heavy atom. The van der Waals surface area contributed by atoms with Gasteiger partial charge in [-0.3, -0.25) is 0 Å². The van der Waals surface area contributed by atoms with Crippen molar-refractivity contribution < 1.29 is 9.13 Å². The summed E-state index contributed by atoms with van der Waals surface area (Å²) < 4.78 is 19.4. The first-order valence-electron chi connectivity index (χ1n) is 4.68. The molecule has 0 atom stereocenters. The predicted octanol–water partition coefficient (Wildman–Crippen LogP) is 4.13. The van der Waals surface area contributed by atoms with E-state index < -0.39 is 5.82 Å². The van der Waals surface area contributed by atoms with Gasteiger partial charge < -0.3 is 4.74 Å². The zero-order chi connectivity index (χ0) is 12.4. The fraction of sp³-hybridized carbons (Fsp3) is 0.0909. The van der Waals surface area contributed by atoms with Gasteiger partial charge in [0.15, 0.2) is 11.6 Å². The van der Waals surface area contributed by atoms with E-state index >= 15 is 0 Å². The molecule has 0 N–H and O–H groups in total. The van der Waals surface area contributed by atoms with E-state index in [9.17, 15) is 4.39 Å². The van der Waals surface area contributed by atoms with Crippen LogP contribution in [0.25, 0.3) is 0 Å². The van der Waals surface area contributed by atoms with Crippen molar-refractivity contribution in [1.82, 2.24) is 9.97 Å². The molecule has 0 amide bonds. The van der Waals surface area contributed by atoms with Gasteiger partial charge in [0.2, 0.25) is 0 Å². The molecule has 0 aliphatic rings. The van der Waals surface area contributed by atoms with Crippen molar-refractivity contribution in [3.63, 3.8) is 0 Å². The molecular weight excluding hydrogens is 310 g/mol. The Morgan fingerprint density at radius 3 is 2.82 bits per heavy atom. The zero-order valence-electron chi connectivity index (χ0n) is 8.75. The number of aryl methyl sites for hydroxylation is 1. The van der Waals surface area contributed by atoms with Crippen molar-refractivity contribution in [2.45, 2.75) is 6.92 Å². The third-order valence-corrected chi connectivity index (χ3v) is 2.67. The van der Waals surface area contributed by atoms with Crippen LogP contribution in [0, 0.1) is 12.7 Å². The van der Waals surface area contributed by atoms with Crippen molar-refractivity contribution in [1.29, 1.82) is 0 Å². The number of benzene rings is 1. The first kappa shape index (κ1) is 12.3. The van der Waals surface area contributed by atoms with Crippen molar-refractivity contribution in [2.75, 3.05) is 0 Å². The zero-order valence-corrected chi connectivity index (χ0v) is 11.1. The number of aromatic nitrogens is 2. The van der Waals surface area contributed by atoms with Crippen LogP contribution < -0.4 is 4.74 Å². The number of hydrogen-bond donors (Lipinski definition) is 0. The summed E-state index contributed by atoms with van der Waals surface area (Å²) in [6, 6.07) is 4.58. The molecule has 2 rings (SSSR count). The predicted molar refractivity (Wildman–Crippen MR) is 66.0 cm³/mol. The van der Waals surface area contributed by atoms with Crippen LogP contribution in [-0.2, 0) is 0 Å². The number of ether oxygens (including phenoxy) is 1. The van der Waals surface area contributed by atoms with Crippen molar-refractivity contribution in [2.24, 2.45) is 0 Å². The van der Waals surface area contributed by atoms with E-state index in [-0.39, 0.29) is 16.8 Å². The summed E-state index contributed by atoms with van der Waals surface area (Å²) in [7, 11) is 0. The Kier molecular flexibility index (Phi) is 3.59. The van der Waals surface area contributed by atoms with E-state index in [1.807, 2.05) is 0 Å². The fourth-order valence-corrected chi connectivity index (χ4v) is 2.00. The van der Waals surface area contributed by atoms with E-state index in [4.69, 9.17) is 16.3 Å². The van der Waals surface area contributed by atoms with Gasteiger partial charge in [-0.05, 0) is 25.1 Å². The molecule has 17 heavy (non-hydrogen) atoms. The van der Waals surface area contributed by atoms with Gasteiger partial charge in [0.1, 0.15) is 0 Å². The van der Waals surface area contributed by atoms with Crippen LogP contribution in [-0.4, -0.2) is 9.97 Å². The molecule has 88 valence electrons. The van der Waals surface area contributed by atoms with Gasteiger partial charge in [-0.2, -0.15) is 0 Å². The molecule has 0 bridgehead atoms. The van der Waals surface area contributed by atoms with E-state index in [0.29, 0.717) is 4.47 Å². The average Bonchev–Trinajstić information content (AvgIpc) is 2.23. The minimum absolute atomic E-state index is 0.0631. The lowest BCUT2D eigenvalue weighted by molar-refractivity contribution is 0.410. The van der Waals surface area contributed by atoms with Crippen molar-refractivity contribution in [3.05, 3.63) is 45.4 Å². The second-order valence-corrected chi connectivity index (χ2v) is 4.60. The maximum absolute atomic E-state index is 13.6. The van der Waals surface area contributed by atoms with Crippen LogP contribution in [0.4, 0.5) is 4.39 Å². The van der Waals surface area contributed by atoms with Gasteiger partial charge in [-0.25, -0.2) is 14.4 Å². The summed E-state index contributed by atoms with van der Waals surface area (Å²) in [5, 5.41) is 0.155. The Hall–Kier alpha value is -1.20. The van der Waals surface area contributed by atoms with Crippen LogP contribution in [0.1, 0.15) is 5.69 Å². The van der Waals surface area contributed by atoms with Crippen LogP contribution >= 0.6 is 27.5 Å². The monoisotopic (exact) mass is 316 g/mol. The maximum Gasteiger partial charge on any atom is 0.322 e. The summed E-state index contributed by atoms with van der Waals surface area (Å²) in [6.45, 7) is 1.79. The second kappa shape index (κ2) is 4.98. The van der Waals surface area contributed by atoms with Crippen molar-refractivity contribution in [3.8, 4) is 11.8 Å². The molecule has 6 heteroatoms. The minimum atomic E-state index is -0.575. The first-order valence-corrected chi connectivity index (χ1v) is 5.85. The topological polar surface area (TPSA) is 35.0 Å². The number of nitrogens with zero attached hydrogens (tertiary/aromatic N) is 2. The van der Waals surface area contributed by atoms with Crippen LogP contribution in [0.5, 0.6) is 11.8 Å². The van der Waals surface area contributed by atoms with Crippen LogP contribution in [0.15, 0.2) is 28.9 Å². The molecule has 1 aromatic heterocycles. The highest BCUT2D eigenvalue weighted by molar-refractivity contribution is 9.10. The van der Waals surface area contributed by atoms with Gasteiger partial charge in [-0.15, -0.1) is 0 Å². The van der Waals surface area contributed by atoms with E-state index in [0.717, 1.165) is 5.69 Å². The SMILES string of the molecule is Cc1ccnc(Oc2c(F)cc(Br)cc2Cl)n1. The third-order valence-electron chi connectivity index (χ3n) is 1.93. The van der Waals surface area contributed by atoms with Crippen molar-refractivity contribution >= 4 is 27.5 Å². The van der Waals surface area contributed by atoms with Gasteiger partial charge in [0, 0.05) is 16.4 Å². The summed E-state index contributed by atoms with van der Waals surface area (Å²) in [5.41, 5.74) is 0.726. The molecule has 0 aliphatic carbocycles. The molecule has 0 radical (unpaired) electrons. The molecule has 1 aromatic carbocycles. The lowest BCUT2D eigenvalue weighted by Crippen LogP contribution is -1.95. The fourth-order valence-electron chi connectivity index (χ4n) is 1.19. The summed E-state index contributed by atoms with van der Waals surface area (Å²) in [5.74, 6) is -0.657. The molecule has 0 saturated carbocycles. The number of hydrogen-bond acceptors (Lipinski definition) is 3. The molecule has 0 fully saturated rings. The molecular formula is C11H7BrClFN2O. The lowest BCUT2D eigenvalue weighted by Gasteiger charge is -2.07. The van der Waals surface area contributed by atoms with E-state index in [1.165, 1.54) is 18.3 Å². The smallest absolute Gasteiger partial charge is 0.322 e. The summed E-state index contributed by atoms with van der Waals surface area (Å²) in [6.07, 6.45) is 1.53.